The lowest BCUT2D eigenvalue weighted by molar-refractivity contribution is 0.0743. The number of fused-ring (bicyclic) bond motifs is 1. The van der Waals surface area contributed by atoms with Gasteiger partial charge < -0.3 is 14.5 Å². The van der Waals surface area contributed by atoms with Gasteiger partial charge in [-0.1, -0.05) is 23.5 Å². The van der Waals surface area contributed by atoms with Crippen LogP contribution in [0.4, 0.5) is 5.13 Å². The second-order valence-corrected chi connectivity index (χ2v) is 7.43. The Morgan fingerprint density at radius 2 is 2.00 bits per heavy atom. The van der Waals surface area contributed by atoms with Crippen molar-refractivity contribution in [1.29, 1.82) is 0 Å². The molecule has 0 N–H and O–H groups in total. The number of aromatic nitrogens is 3. The Balaban J connectivity index is 1.48. The molecule has 1 saturated heterocycles. The van der Waals surface area contributed by atoms with Gasteiger partial charge >= 0.3 is 0 Å². The molecule has 0 aliphatic carbocycles. The van der Waals surface area contributed by atoms with Crippen LogP contribution in [0.3, 0.4) is 0 Å². The Morgan fingerprint density at radius 1 is 1.23 bits per heavy atom. The van der Waals surface area contributed by atoms with Gasteiger partial charge in [-0.15, -0.1) is 5.10 Å². The number of ether oxygens (including phenoxy) is 1. The van der Waals surface area contributed by atoms with Crippen molar-refractivity contribution < 1.29 is 9.53 Å². The molecule has 136 valence electrons. The van der Waals surface area contributed by atoms with E-state index < -0.39 is 0 Å². The first-order valence-corrected chi connectivity index (χ1v) is 9.36. The number of rotatable bonds is 3. The third kappa shape index (κ3) is 2.90. The maximum Gasteiger partial charge on any atom is 0.261 e. The summed E-state index contributed by atoms with van der Waals surface area (Å²) >= 11 is 1.71. The first-order chi connectivity index (χ1) is 12.6. The van der Waals surface area contributed by atoms with E-state index in [0.29, 0.717) is 24.5 Å². The third-order valence-electron chi connectivity index (χ3n) is 4.67. The largest absolute Gasteiger partial charge is 0.479 e. The summed E-state index contributed by atoms with van der Waals surface area (Å²) in [5, 5.41) is 5.20. The molecule has 1 aliphatic rings. The second-order valence-electron chi connectivity index (χ2n) is 6.42. The van der Waals surface area contributed by atoms with Crippen LogP contribution in [0.15, 0.2) is 24.4 Å². The number of carbonyl (C=O) groups excluding carboxylic acids is 1. The number of carbonyl (C=O) groups is 1. The molecule has 0 saturated carbocycles. The summed E-state index contributed by atoms with van der Waals surface area (Å²) in [5.41, 5.74) is 2.78. The Labute approximate surface area is 155 Å². The summed E-state index contributed by atoms with van der Waals surface area (Å²) < 4.78 is 8.03. The number of piperazine rings is 1. The van der Waals surface area contributed by atoms with Crippen LogP contribution in [-0.2, 0) is 7.05 Å². The topological polar surface area (TPSA) is 63.5 Å². The van der Waals surface area contributed by atoms with Gasteiger partial charge in [0.25, 0.3) is 5.91 Å². The quantitative estimate of drug-likeness (QED) is 0.707. The molecule has 2 aromatic heterocycles. The number of para-hydroxylation sites is 1. The molecule has 1 fully saturated rings. The number of amides is 1. The van der Waals surface area contributed by atoms with Crippen molar-refractivity contribution in [2.75, 3.05) is 38.2 Å². The van der Waals surface area contributed by atoms with Crippen molar-refractivity contribution in [1.82, 2.24) is 19.7 Å². The van der Waals surface area contributed by atoms with E-state index in [1.807, 2.05) is 4.90 Å². The molecule has 1 aliphatic heterocycles. The molecule has 0 spiro atoms. The fraction of sp³-hybridized carbons (Fsp3) is 0.389. The molecular formula is C18H21N5O2S. The van der Waals surface area contributed by atoms with Gasteiger partial charge in [0.05, 0.1) is 17.3 Å². The van der Waals surface area contributed by atoms with Crippen LogP contribution in [-0.4, -0.2) is 58.9 Å². The first-order valence-electron chi connectivity index (χ1n) is 8.55. The van der Waals surface area contributed by atoms with Crippen LogP contribution in [0.2, 0.25) is 0 Å². The molecule has 3 heterocycles. The second kappa shape index (κ2) is 6.60. The predicted molar refractivity (Wildman–Crippen MR) is 102 cm³/mol. The van der Waals surface area contributed by atoms with Crippen molar-refractivity contribution in [3.05, 3.63) is 35.5 Å². The minimum atomic E-state index is -0.0326. The average molecular weight is 371 g/mol. The molecule has 1 amide bonds. The summed E-state index contributed by atoms with van der Waals surface area (Å²) in [6.45, 7) is 4.95. The van der Waals surface area contributed by atoms with Crippen molar-refractivity contribution in [3.63, 3.8) is 0 Å². The van der Waals surface area contributed by atoms with Crippen LogP contribution in [0.5, 0.6) is 5.88 Å². The zero-order chi connectivity index (χ0) is 18.3. The highest BCUT2D eigenvalue weighted by atomic mass is 32.1. The summed E-state index contributed by atoms with van der Waals surface area (Å²) in [5.74, 6) is 0.344. The molecule has 0 radical (unpaired) electrons. The minimum Gasteiger partial charge on any atom is -0.479 e. The van der Waals surface area contributed by atoms with E-state index in [9.17, 15) is 4.79 Å². The third-order valence-corrected chi connectivity index (χ3v) is 5.75. The van der Waals surface area contributed by atoms with E-state index in [-0.39, 0.29) is 5.91 Å². The maximum atomic E-state index is 12.8. The number of hydrogen-bond donors (Lipinski definition) is 0. The Hall–Kier alpha value is -2.61. The average Bonchev–Trinajstić information content (AvgIpc) is 3.25. The van der Waals surface area contributed by atoms with Gasteiger partial charge in [-0.2, -0.15) is 0 Å². The normalized spacial score (nSPS) is 14.9. The van der Waals surface area contributed by atoms with E-state index in [1.54, 1.807) is 29.3 Å². The Kier molecular flexibility index (Phi) is 4.28. The molecule has 7 nitrogen and oxygen atoms in total. The summed E-state index contributed by atoms with van der Waals surface area (Å²) in [6, 6.07) is 6.26. The standard InChI is InChI=1S/C18H21N5O2S/c1-12-5-4-6-14-15(12)19-18(26-14)23-9-7-22(8-10-23)17(24)13-11-21(2)20-16(13)25-3/h4-6,11H,7-10H2,1-3H3. The highest BCUT2D eigenvalue weighted by molar-refractivity contribution is 7.22. The van der Waals surface area contributed by atoms with Crippen LogP contribution in [0, 0.1) is 6.92 Å². The summed E-state index contributed by atoms with van der Waals surface area (Å²) in [6.07, 6.45) is 1.71. The zero-order valence-electron chi connectivity index (χ0n) is 15.1. The zero-order valence-corrected chi connectivity index (χ0v) is 15.9. The van der Waals surface area contributed by atoms with Gasteiger partial charge in [-0.25, -0.2) is 4.98 Å². The molecule has 8 heteroatoms. The minimum absolute atomic E-state index is 0.0326. The van der Waals surface area contributed by atoms with Crippen molar-refractivity contribution in [3.8, 4) is 5.88 Å². The highest BCUT2D eigenvalue weighted by Crippen LogP contribution is 2.31. The number of thiazole rings is 1. The number of anilines is 1. The van der Waals surface area contributed by atoms with Crippen LogP contribution >= 0.6 is 11.3 Å². The molecule has 0 unspecified atom stereocenters. The molecule has 1 aromatic carbocycles. The van der Waals surface area contributed by atoms with Crippen molar-refractivity contribution >= 4 is 32.6 Å². The predicted octanol–water partition coefficient (Wildman–Crippen LogP) is 2.31. The number of benzene rings is 1. The summed E-state index contributed by atoms with van der Waals surface area (Å²) in [4.78, 5) is 21.7. The number of hydrogen-bond acceptors (Lipinski definition) is 6. The maximum absolute atomic E-state index is 12.8. The number of nitrogens with zero attached hydrogens (tertiary/aromatic N) is 5. The van der Waals surface area contributed by atoms with Gasteiger partial charge in [0.1, 0.15) is 5.56 Å². The van der Waals surface area contributed by atoms with Gasteiger partial charge in [0.15, 0.2) is 5.13 Å². The molecular weight excluding hydrogens is 350 g/mol. The van der Waals surface area contributed by atoms with Gasteiger partial charge in [0, 0.05) is 39.4 Å². The summed E-state index contributed by atoms with van der Waals surface area (Å²) in [7, 11) is 3.32. The molecule has 3 aromatic rings. The fourth-order valence-corrected chi connectivity index (χ4v) is 4.34. The van der Waals surface area contributed by atoms with Crippen LogP contribution in [0.1, 0.15) is 15.9 Å². The van der Waals surface area contributed by atoms with Crippen molar-refractivity contribution in [2.24, 2.45) is 7.05 Å². The van der Waals surface area contributed by atoms with E-state index in [1.165, 1.54) is 17.4 Å². The van der Waals surface area contributed by atoms with Gasteiger partial charge in [-0.3, -0.25) is 9.48 Å². The lowest BCUT2D eigenvalue weighted by Gasteiger charge is -2.34. The smallest absolute Gasteiger partial charge is 0.261 e. The Bertz CT molecular complexity index is 956. The van der Waals surface area contributed by atoms with E-state index in [4.69, 9.17) is 9.72 Å². The van der Waals surface area contributed by atoms with Crippen LogP contribution in [0.25, 0.3) is 10.2 Å². The monoisotopic (exact) mass is 371 g/mol. The van der Waals surface area contributed by atoms with E-state index in [0.717, 1.165) is 23.7 Å². The number of aryl methyl sites for hydroxylation is 2. The highest BCUT2D eigenvalue weighted by Gasteiger charge is 2.27. The SMILES string of the molecule is COc1nn(C)cc1C(=O)N1CCN(c2nc3c(C)cccc3s2)CC1. The number of methoxy groups -OCH3 is 1. The molecule has 26 heavy (non-hydrogen) atoms. The lowest BCUT2D eigenvalue weighted by Crippen LogP contribution is -2.48. The van der Waals surface area contributed by atoms with Crippen LogP contribution < -0.4 is 9.64 Å². The van der Waals surface area contributed by atoms with Crippen molar-refractivity contribution in [2.45, 2.75) is 6.92 Å². The molecule has 4 rings (SSSR count). The lowest BCUT2D eigenvalue weighted by atomic mass is 10.2. The van der Waals surface area contributed by atoms with Gasteiger partial charge in [-0.05, 0) is 18.6 Å². The van der Waals surface area contributed by atoms with E-state index in [2.05, 4.69) is 35.1 Å². The van der Waals surface area contributed by atoms with E-state index >= 15 is 0 Å². The molecule has 0 atom stereocenters. The first kappa shape index (κ1) is 16.8. The Morgan fingerprint density at radius 3 is 2.69 bits per heavy atom. The van der Waals surface area contributed by atoms with Gasteiger partial charge in [0.2, 0.25) is 5.88 Å². The molecule has 0 bridgehead atoms. The fourth-order valence-electron chi connectivity index (χ4n) is 3.25.